The zero-order chi connectivity index (χ0) is 16.7. The summed E-state index contributed by atoms with van der Waals surface area (Å²) in [5, 5.41) is 15.0. The van der Waals surface area contributed by atoms with Crippen molar-refractivity contribution in [1.82, 2.24) is 25.2 Å². The molecule has 0 fully saturated rings. The Hall–Kier alpha value is -2.41. The topological polar surface area (TPSA) is 92.1 Å². The van der Waals surface area contributed by atoms with Crippen LogP contribution in [-0.4, -0.2) is 37.8 Å². The number of amides is 2. The van der Waals surface area contributed by atoms with Crippen LogP contribution in [0.15, 0.2) is 37.1 Å². The van der Waals surface area contributed by atoms with Crippen LogP contribution in [0.4, 0.5) is 4.79 Å². The molecule has 0 bridgehead atoms. The fraction of sp³-hybridized carbons (Fsp3) is 0.438. The largest absolute Gasteiger partial charge is 0.394 e. The van der Waals surface area contributed by atoms with Gasteiger partial charge < -0.3 is 15.7 Å². The predicted molar refractivity (Wildman–Crippen MR) is 87.1 cm³/mol. The molecule has 2 rings (SSSR count). The molecule has 0 saturated heterocycles. The zero-order valence-corrected chi connectivity index (χ0v) is 13.5. The third-order valence-electron chi connectivity index (χ3n) is 3.60. The minimum Gasteiger partial charge on any atom is -0.394 e. The van der Waals surface area contributed by atoms with E-state index in [1.807, 2.05) is 32.2 Å². The van der Waals surface area contributed by atoms with E-state index in [1.165, 1.54) is 0 Å². The van der Waals surface area contributed by atoms with E-state index in [4.69, 9.17) is 0 Å². The molecule has 1 unspecified atom stereocenters. The first-order valence-electron chi connectivity index (χ1n) is 7.66. The highest BCUT2D eigenvalue weighted by molar-refractivity contribution is 5.74. The van der Waals surface area contributed by atoms with E-state index in [0.29, 0.717) is 6.54 Å². The van der Waals surface area contributed by atoms with Gasteiger partial charge in [0.1, 0.15) is 12.1 Å². The second kappa shape index (κ2) is 7.73. The third-order valence-corrected chi connectivity index (χ3v) is 3.60. The van der Waals surface area contributed by atoms with Crippen LogP contribution in [0, 0.1) is 0 Å². The smallest absolute Gasteiger partial charge is 0.315 e. The van der Waals surface area contributed by atoms with Crippen molar-refractivity contribution in [2.75, 3.05) is 6.61 Å². The van der Waals surface area contributed by atoms with Gasteiger partial charge in [-0.3, -0.25) is 4.57 Å². The SMILES string of the molecule is CCCC(C)(CO)NC(=O)NCc1ccc(-n2ccnc2)nc1. The fourth-order valence-electron chi connectivity index (χ4n) is 2.30. The van der Waals surface area contributed by atoms with E-state index in [-0.39, 0.29) is 12.6 Å². The van der Waals surface area contributed by atoms with Crippen molar-refractivity contribution >= 4 is 6.03 Å². The van der Waals surface area contributed by atoms with E-state index in [2.05, 4.69) is 20.6 Å². The van der Waals surface area contributed by atoms with Gasteiger partial charge in [0.25, 0.3) is 0 Å². The Labute approximate surface area is 135 Å². The molecule has 0 aliphatic carbocycles. The van der Waals surface area contributed by atoms with Gasteiger partial charge in [0.15, 0.2) is 0 Å². The van der Waals surface area contributed by atoms with Crippen LogP contribution in [0.25, 0.3) is 5.82 Å². The summed E-state index contributed by atoms with van der Waals surface area (Å²) in [6.45, 7) is 4.13. The Morgan fingerprint density at radius 1 is 1.43 bits per heavy atom. The number of urea groups is 1. The number of carbonyl (C=O) groups is 1. The summed E-state index contributed by atoms with van der Waals surface area (Å²) in [5.41, 5.74) is 0.299. The van der Waals surface area contributed by atoms with Gasteiger partial charge in [0, 0.05) is 25.1 Å². The van der Waals surface area contributed by atoms with Gasteiger partial charge in [-0.2, -0.15) is 0 Å². The highest BCUT2D eigenvalue weighted by atomic mass is 16.3. The highest BCUT2D eigenvalue weighted by Gasteiger charge is 2.24. The number of pyridine rings is 1. The Balaban J connectivity index is 1.87. The lowest BCUT2D eigenvalue weighted by atomic mass is 9.98. The van der Waals surface area contributed by atoms with E-state index in [1.54, 1.807) is 23.3 Å². The summed E-state index contributed by atoms with van der Waals surface area (Å²) in [7, 11) is 0. The second-order valence-electron chi connectivity index (χ2n) is 5.77. The van der Waals surface area contributed by atoms with Gasteiger partial charge in [-0.05, 0) is 25.0 Å². The van der Waals surface area contributed by atoms with Crippen molar-refractivity contribution in [3.8, 4) is 5.82 Å². The van der Waals surface area contributed by atoms with Crippen molar-refractivity contribution in [3.63, 3.8) is 0 Å². The molecule has 0 saturated carbocycles. The number of rotatable bonds is 7. The number of nitrogens with zero attached hydrogens (tertiary/aromatic N) is 3. The van der Waals surface area contributed by atoms with Gasteiger partial charge >= 0.3 is 6.03 Å². The maximum atomic E-state index is 12.0. The number of carbonyl (C=O) groups excluding carboxylic acids is 1. The number of aromatic nitrogens is 3. The number of hydrogen-bond donors (Lipinski definition) is 3. The molecule has 7 nitrogen and oxygen atoms in total. The molecule has 2 aromatic heterocycles. The van der Waals surface area contributed by atoms with E-state index >= 15 is 0 Å². The lowest BCUT2D eigenvalue weighted by Gasteiger charge is -2.28. The number of aliphatic hydroxyl groups is 1. The van der Waals surface area contributed by atoms with Crippen LogP contribution in [0.5, 0.6) is 0 Å². The summed E-state index contributed by atoms with van der Waals surface area (Å²) in [6, 6.07) is 3.47. The average Bonchev–Trinajstić information content (AvgIpc) is 3.08. The molecule has 124 valence electrons. The monoisotopic (exact) mass is 317 g/mol. The second-order valence-corrected chi connectivity index (χ2v) is 5.77. The first-order valence-corrected chi connectivity index (χ1v) is 7.66. The van der Waals surface area contributed by atoms with E-state index < -0.39 is 5.54 Å². The van der Waals surface area contributed by atoms with Gasteiger partial charge in [0.2, 0.25) is 0 Å². The van der Waals surface area contributed by atoms with Gasteiger partial charge in [-0.15, -0.1) is 0 Å². The van der Waals surface area contributed by atoms with E-state index in [9.17, 15) is 9.90 Å². The van der Waals surface area contributed by atoms with Crippen molar-refractivity contribution in [2.45, 2.75) is 38.8 Å². The summed E-state index contributed by atoms with van der Waals surface area (Å²) in [6.07, 6.45) is 8.51. The maximum Gasteiger partial charge on any atom is 0.315 e. The third kappa shape index (κ3) is 4.79. The summed E-state index contributed by atoms with van der Waals surface area (Å²) < 4.78 is 1.81. The Bertz CT molecular complexity index is 612. The Morgan fingerprint density at radius 2 is 2.26 bits per heavy atom. The molecule has 7 heteroatoms. The summed E-state index contributed by atoms with van der Waals surface area (Å²) >= 11 is 0. The number of hydrogen-bond acceptors (Lipinski definition) is 4. The normalized spacial score (nSPS) is 13.3. The quantitative estimate of drug-likeness (QED) is 0.723. The van der Waals surface area contributed by atoms with Crippen molar-refractivity contribution in [3.05, 3.63) is 42.6 Å². The molecule has 2 aromatic rings. The molecular weight excluding hydrogens is 294 g/mol. The Kier molecular flexibility index (Phi) is 5.70. The van der Waals surface area contributed by atoms with E-state index in [0.717, 1.165) is 24.2 Å². The molecule has 0 aliphatic rings. The van der Waals surface area contributed by atoms with Gasteiger partial charge in [-0.1, -0.05) is 19.4 Å². The van der Waals surface area contributed by atoms with Crippen LogP contribution in [0.1, 0.15) is 32.3 Å². The summed E-state index contributed by atoms with van der Waals surface area (Å²) in [5.74, 6) is 0.770. The standard InChI is InChI=1S/C16H23N5O2/c1-3-6-16(2,11-22)20-15(23)19-10-13-4-5-14(18-9-13)21-8-7-17-12-21/h4-5,7-9,12,22H,3,6,10-11H2,1-2H3,(H2,19,20,23). The number of nitrogens with one attached hydrogen (secondary N) is 2. The fourth-order valence-corrected chi connectivity index (χ4v) is 2.30. The molecule has 0 radical (unpaired) electrons. The zero-order valence-electron chi connectivity index (χ0n) is 13.5. The predicted octanol–water partition coefficient (Wildman–Crippen LogP) is 1.62. The van der Waals surface area contributed by atoms with Crippen molar-refractivity contribution < 1.29 is 9.90 Å². The molecule has 0 aromatic carbocycles. The minimum absolute atomic E-state index is 0.0879. The van der Waals surface area contributed by atoms with Gasteiger partial charge in [0.05, 0.1) is 12.1 Å². The lowest BCUT2D eigenvalue weighted by Crippen LogP contribution is -2.52. The molecule has 2 heterocycles. The number of imidazole rings is 1. The molecule has 0 spiro atoms. The maximum absolute atomic E-state index is 12.0. The van der Waals surface area contributed by atoms with Crippen LogP contribution < -0.4 is 10.6 Å². The Morgan fingerprint density at radius 3 is 2.83 bits per heavy atom. The molecule has 1 atom stereocenters. The molecule has 2 amide bonds. The van der Waals surface area contributed by atoms with Crippen LogP contribution >= 0.6 is 0 Å². The average molecular weight is 317 g/mol. The lowest BCUT2D eigenvalue weighted by molar-refractivity contribution is 0.163. The highest BCUT2D eigenvalue weighted by Crippen LogP contribution is 2.11. The van der Waals surface area contributed by atoms with Crippen LogP contribution in [0.3, 0.4) is 0 Å². The first kappa shape index (κ1) is 17.0. The van der Waals surface area contributed by atoms with Crippen molar-refractivity contribution in [1.29, 1.82) is 0 Å². The van der Waals surface area contributed by atoms with Crippen molar-refractivity contribution in [2.24, 2.45) is 0 Å². The molecule has 23 heavy (non-hydrogen) atoms. The summed E-state index contributed by atoms with van der Waals surface area (Å²) in [4.78, 5) is 20.3. The molecule has 0 aliphatic heterocycles. The van der Waals surface area contributed by atoms with Crippen LogP contribution in [0.2, 0.25) is 0 Å². The number of aliphatic hydroxyl groups excluding tert-OH is 1. The molecule has 3 N–H and O–H groups in total. The first-order chi connectivity index (χ1) is 11.1. The van der Waals surface area contributed by atoms with Crippen LogP contribution in [-0.2, 0) is 6.54 Å². The molecular formula is C16H23N5O2. The minimum atomic E-state index is -0.595. The van der Waals surface area contributed by atoms with Gasteiger partial charge in [-0.25, -0.2) is 14.8 Å².